The number of hydrazine groups is 1. The summed E-state index contributed by atoms with van der Waals surface area (Å²) in [4.78, 5) is 13.4. The first-order valence-electron chi connectivity index (χ1n) is 11.8. The van der Waals surface area contributed by atoms with Crippen LogP contribution in [0.4, 0.5) is 0 Å². The number of amides is 1. The fourth-order valence-corrected chi connectivity index (χ4v) is 5.47. The number of carbonyl (C=O) groups is 1. The standard InChI is InChI=1S/C26H28Cl2N4O2/c1-34-19-11-8-17(9-12-19)25-20-6-5-7-21(26(33)30-31-14-3-2-4-15-31)24(20)29-32(25)23-13-10-18(27)16-22(23)28/h8-13,16,21H,2-7,14-15H2,1H3,(H,30,33). The number of piperidine rings is 1. The average Bonchev–Trinajstić information content (AvgIpc) is 3.24. The van der Waals surface area contributed by atoms with Crippen LogP contribution in [-0.2, 0) is 11.2 Å². The summed E-state index contributed by atoms with van der Waals surface area (Å²) in [6.07, 6.45) is 6.00. The average molecular weight is 499 g/mol. The van der Waals surface area contributed by atoms with Crippen LogP contribution in [0.3, 0.4) is 0 Å². The van der Waals surface area contributed by atoms with Gasteiger partial charge in [-0.1, -0.05) is 29.6 Å². The minimum absolute atomic E-state index is 0.0241. The van der Waals surface area contributed by atoms with Gasteiger partial charge in [-0.15, -0.1) is 0 Å². The van der Waals surface area contributed by atoms with Gasteiger partial charge in [0.1, 0.15) is 5.75 Å². The van der Waals surface area contributed by atoms with E-state index in [0.717, 1.165) is 79.1 Å². The molecule has 1 fully saturated rings. The molecule has 34 heavy (non-hydrogen) atoms. The molecule has 1 aliphatic carbocycles. The molecule has 0 radical (unpaired) electrons. The Kier molecular flexibility index (Phi) is 6.82. The van der Waals surface area contributed by atoms with E-state index < -0.39 is 0 Å². The predicted octanol–water partition coefficient (Wildman–Crippen LogP) is 5.79. The maximum atomic E-state index is 13.4. The Morgan fingerprint density at radius 2 is 1.82 bits per heavy atom. The minimum atomic E-state index is -0.296. The second-order valence-electron chi connectivity index (χ2n) is 8.92. The Hall–Kier alpha value is -2.54. The lowest BCUT2D eigenvalue weighted by Crippen LogP contribution is -2.47. The van der Waals surface area contributed by atoms with Gasteiger partial charge in [-0.3, -0.25) is 10.2 Å². The highest BCUT2D eigenvalue weighted by atomic mass is 35.5. The topological polar surface area (TPSA) is 59.4 Å². The van der Waals surface area contributed by atoms with Crippen molar-refractivity contribution in [1.29, 1.82) is 0 Å². The molecule has 1 unspecified atom stereocenters. The Morgan fingerprint density at radius 3 is 2.53 bits per heavy atom. The molecule has 2 heterocycles. The molecule has 2 aromatic carbocycles. The van der Waals surface area contributed by atoms with E-state index in [2.05, 4.69) is 10.4 Å². The largest absolute Gasteiger partial charge is 0.497 e. The first kappa shape index (κ1) is 23.2. The second-order valence-corrected chi connectivity index (χ2v) is 9.76. The summed E-state index contributed by atoms with van der Waals surface area (Å²) in [6.45, 7) is 1.80. The highest BCUT2D eigenvalue weighted by Crippen LogP contribution is 2.40. The first-order chi connectivity index (χ1) is 16.5. The second kappa shape index (κ2) is 9.98. The van der Waals surface area contributed by atoms with Crippen molar-refractivity contribution in [2.45, 2.75) is 44.4 Å². The van der Waals surface area contributed by atoms with Crippen LogP contribution in [0.5, 0.6) is 5.75 Å². The number of rotatable bonds is 5. The molecule has 1 aromatic heterocycles. The van der Waals surface area contributed by atoms with Crippen molar-refractivity contribution in [2.24, 2.45) is 0 Å². The summed E-state index contributed by atoms with van der Waals surface area (Å²) in [5.41, 5.74) is 7.78. The number of hydrogen-bond donors (Lipinski definition) is 1. The molecule has 6 nitrogen and oxygen atoms in total. The quantitative estimate of drug-likeness (QED) is 0.483. The molecule has 5 rings (SSSR count). The van der Waals surface area contributed by atoms with Crippen molar-refractivity contribution in [3.63, 3.8) is 0 Å². The zero-order chi connectivity index (χ0) is 23.7. The normalized spacial score (nSPS) is 18.4. The van der Waals surface area contributed by atoms with Gasteiger partial charge in [0.15, 0.2) is 0 Å². The molecule has 178 valence electrons. The van der Waals surface area contributed by atoms with Gasteiger partial charge in [0.25, 0.3) is 0 Å². The summed E-state index contributed by atoms with van der Waals surface area (Å²) < 4.78 is 7.22. The van der Waals surface area contributed by atoms with Crippen LogP contribution in [0.1, 0.15) is 49.3 Å². The van der Waals surface area contributed by atoms with E-state index in [1.165, 1.54) is 6.42 Å². The lowest BCUT2D eigenvalue weighted by Gasteiger charge is -2.29. The van der Waals surface area contributed by atoms with E-state index in [1.807, 2.05) is 41.1 Å². The number of halogens is 2. The molecule has 1 aliphatic heterocycles. The first-order valence-corrected chi connectivity index (χ1v) is 12.6. The lowest BCUT2D eigenvalue weighted by atomic mass is 9.85. The third-order valence-corrected chi connectivity index (χ3v) is 7.24. The fraction of sp³-hybridized carbons (Fsp3) is 0.385. The molecular formula is C26H28Cl2N4O2. The van der Waals surface area contributed by atoms with Gasteiger partial charge in [-0.05, 0) is 74.6 Å². The van der Waals surface area contributed by atoms with Crippen LogP contribution in [0, 0.1) is 0 Å². The number of methoxy groups -OCH3 is 1. The summed E-state index contributed by atoms with van der Waals surface area (Å²) in [5, 5.41) is 8.13. The monoisotopic (exact) mass is 498 g/mol. The Bertz CT molecular complexity index is 1190. The summed E-state index contributed by atoms with van der Waals surface area (Å²) in [5.74, 6) is 0.512. The van der Waals surface area contributed by atoms with E-state index in [9.17, 15) is 4.79 Å². The minimum Gasteiger partial charge on any atom is -0.497 e. The van der Waals surface area contributed by atoms with Gasteiger partial charge < -0.3 is 4.74 Å². The van der Waals surface area contributed by atoms with Crippen molar-refractivity contribution in [3.8, 4) is 22.7 Å². The van der Waals surface area contributed by atoms with Gasteiger partial charge in [0.05, 0.1) is 35.1 Å². The van der Waals surface area contributed by atoms with Gasteiger partial charge in [0.2, 0.25) is 5.91 Å². The van der Waals surface area contributed by atoms with Crippen molar-refractivity contribution in [3.05, 3.63) is 63.8 Å². The maximum absolute atomic E-state index is 13.4. The number of fused-ring (bicyclic) bond motifs is 1. The number of ether oxygens (including phenoxy) is 1. The van der Waals surface area contributed by atoms with E-state index in [4.69, 9.17) is 33.0 Å². The molecule has 3 aromatic rings. The van der Waals surface area contributed by atoms with E-state index in [0.29, 0.717) is 10.0 Å². The molecule has 0 spiro atoms. The van der Waals surface area contributed by atoms with E-state index >= 15 is 0 Å². The number of hydrogen-bond acceptors (Lipinski definition) is 4. The van der Waals surface area contributed by atoms with Crippen molar-refractivity contribution >= 4 is 29.1 Å². The van der Waals surface area contributed by atoms with Gasteiger partial charge in [-0.25, -0.2) is 9.69 Å². The van der Waals surface area contributed by atoms with Crippen LogP contribution < -0.4 is 10.2 Å². The van der Waals surface area contributed by atoms with Crippen LogP contribution in [0.25, 0.3) is 16.9 Å². The van der Waals surface area contributed by atoms with Gasteiger partial charge >= 0.3 is 0 Å². The molecule has 0 saturated carbocycles. The third kappa shape index (κ3) is 4.54. The summed E-state index contributed by atoms with van der Waals surface area (Å²) >= 11 is 12.8. The van der Waals surface area contributed by atoms with Crippen LogP contribution >= 0.6 is 23.2 Å². The van der Waals surface area contributed by atoms with Gasteiger partial charge in [-0.2, -0.15) is 5.10 Å². The highest BCUT2D eigenvalue weighted by molar-refractivity contribution is 6.35. The Morgan fingerprint density at radius 1 is 1.06 bits per heavy atom. The van der Waals surface area contributed by atoms with Crippen LogP contribution in [0.15, 0.2) is 42.5 Å². The van der Waals surface area contributed by atoms with E-state index in [-0.39, 0.29) is 11.8 Å². The zero-order valence-electron chi connectivity index (χ0n) is 19.2. The van der Waals surface area contributed by atoms with Crippen molar-refractivity contribution in [1.82, 2.24) is 20.2 Å². The number of nitrogens with zero attached hydrogens (tertiary/aromatic N) is 3. The highest BCUT2D eigenvalue weighted by Gasteiger charge is 2.34. The Labute approximate surface area is 209 Å². The van der Waals surface area contributed by atoms with E-state index in [1.54, 1.807) is 13.2 Å². The molecule has 8 heteroatoms. The maximum Gasteiger partial charge on any atom is 0.243 e. The SMILES string of the molecule is COc1ccc(-c2c3c(nn2-c2ccc(Cl)cc2Cl)C(C(=O)NN2CCCCC2)CCC3)cc1. The van der Waals surface area contributed by atoms with Crippen LogP contribution in [-0.4, -0.2) is 40.9 Å². The Balaban J connectivity index is 1.59. The third-order valence-electron chi connectivity index (χ3n) is 6.71. The molecule has 2 aliphatic rings. The summed E-state index contributed by atoms with van der Waals surface area (Å²) in [7, 11) is 1.65. The van der Waals surface area contributed by atoms with Crippen LogP contribution in [0.2, 0.25) is 10.0 Å². The van der Waals surface area contributed by atoms with Crippen molar-refractivity contribution < 1.29 is 9.53 Å². The lowest BCUT2D eigenvalue weighted by molar-refractivity contribution is -0.128. The molecule has 1 amide bonds. The molecule has 1 N–H and O–H groups in total. The molecule has 1 atom stereocenters. The predicted molar refractivity (Wildman–Crippen MR) is 135 cm³/mol. The molecule has 0 bridgehead atoms. The smallest absolute Gasteiger partial charge is 0.243 e. The fourth-order valence-electron chi connectivity index (χ4n) is 4.98. The zero-order valence-corrected chi connectivity index (χ0v) is 20.7. The van der Waals surface area contributed by atoms with Crippen molar-refractivity contribution in [2.75, 3.05) is 20.2 Å². The number of carbonyl (C=O) groups excluding carboxylic acids is 1. The molecule has 1 saturated heterocycles. The number of benzene rings is 2. The number of aromatic nitrogens is 2. The molecular weight excluding hydrogens is 471 g/mol. The summed E-state index contributed by atoms with van der Waals surface area (Å²) in [6, 6.07) is 13.3. The van der Waals surface area contributed by atoms with Gasteiger partial charge in [0, 0.05) is 29.2 Å². The number of nitrogens with one attached hydrogen (secondary N) is 1.